The van der Waals surface area contributed by atoms with Crippen LogP contribution in [0.5, 0.6) is 0 Å². The van der Waals surface area contributed by atoms with Crippen molar-refractivity contribution in [2.24, 2.45) is 0 Å². The molecule has 0 aliphatic heterocycles. The molecule has 1 aromatic heterocycles. The van der Waals surface area contributed by atoms with Crippen molar-refractivity contribution < 1.29 is 0 Å². The van der Waals surface area contributed by atoms with Gasteiger partial charge in [0.1, 0.15) is 5.02 Å². The summed E-state index contributed by atoms with van der Waals surface area (Å²) < 4.78 is 2.07. The lowest BCUT2D eigenvalue weighted by molar-refractivity contribution is 0.846. The van der Waals surface area contributed by atoms with Gasteiger partial charge in [-0.1, -0.05) is 89.4 Å². The molecule has 5 rings (SSSR count). The second-order valence-electron chi connectivity index (χ2n) is 7.24. The molecular weight excluding hydrogens is 453 g/mol. The molecule has 31 heavy (non-hydrogen) atoms. The zero-order valence-electron chi connectivity index (χ0n) is 16.0. The first-order chi connectivity index (χ1) is 15.0. The number of halogens is 3. The van der Waals surface area contributed by atoms with Gasteiger partial charge in [0.05, 0.1) is 17.8 Å². The zero-order valence-corrected chi connectivity index (χ0v) is 18.3. The highest BCUT2D eigenvalue weighted by atomic mass is 35.5. The number of hydrogen-bond acceptors (Lipinski definition) is 2. The number of nitrogens with zero attached hydrogens (tertiary/aromatic N) is 1. The summed E-state index contributed by atoms with van der Waals surface area (Å²) in [4.78, 5) is 24.5. The third-order valence-electron chi connectivity index (χ3n) is 5.50. The molecule has 0 aliphatic rings. The minimum Gasteiger partial charge on any atom is -0.335 e. The minimum atomic E-state index is -0.651. The van der Waals surface area contributed by atoms with Gasteiger partial charge in [-0.2, -0.15) is 0 Å². The van der Waals surface area contributed by atoms with Crippen molar-refractivity contribution in [3.63, 3.8) is 0 Å². The molecule has 6 heteroatoms. The zero-order chi connectivity index (χ0) is 21.7. The lowest BCUT2D eigenvalue weighted by Crippen LogP contribution is -2.33. The number of para-hydroxylation sites is 1. The first kappa shape index (κ1) is 20.1. The van der Waals surface area contributed by atoms with E-state index in [-0.39, 0.29) is 10.6 Å². The number of fused-ring (bicyclic) bond motifs is 1. The SMILES string of the molecule is O=c1c(Cl)c(-c2c(-c3ccccc3)n(Cc3c(Cl)cccc3Cl)c3ccccc23)c1=O. The molecule has 152 valence electrons. The topological polar surface area (TPSA) is 39.1 Å². The summed E-state index contributed by atoms with van der Waals surface area (Å²) in [6, 6.07) is 22.8. The molecule has 3 nitrogen and oxygen atoms in total. The fourth-order valence-corrected chi connectivity index (χ4v) is 4.83. The Balaban J connectivity index is 1.90. The quantitative estimate of drug-likeness (QED) is 0.281. The van der Waals surface area contributed by atoms with Crippen molar-refractivity contribution in [2.75, 3.05) is 0 Å². The van der Waals surface area contributed by atoms with Crippen molar-refractivity contribution in [1.29, 1.82) is 0 Å². The van der Waals surface area contributed by atoms with E-state index in [1.165, 1.54) is 0 Å². The maximum atomic E-state index is 12.5. The van der Waals surface area contributed by atoms with Gasteiger partial charge < -0.3 is 4.57 Å². The van der Waals surface area contributed by atoms with E-state index in [1.54, 1.807) is 18.2 Å². The van der Waals surface area contributed by atoms with Crippen LogP contribution >= 0.6 is 34.8 Å². The Labute approximate surface area is 192 Å². The van der Waals surface area contributed by atoms with E-state index in [1.807, 2.05) is 54.6 Å². The number of rotatable bonds is 4. The van der Waals surface area contributed by atoms with Crippen molar-refractivity contribution >= 4 is 45.7 Å². The van der Waals surface area contributed by atoms with Crippen LogP contribution in [0.25, 0.3) is 33.3 Å². The molecule has 0 radical (unpaired) electrons. The van der Waals surface area contributed by atoms with Crippen LogP contribution in [0.15, 0.2) is 82.4 Å². The highest BCUT2D eigenvalue weighted by Crippen LogP contribution is 2.43. The smallest absolute Gasteiger partial charge is 0.245 e. The molecule has 0 N–H and O–H groups in total. The van der Waals surface area contributed by atoms with Crippen LogP contribution in [-0.2, 0) is 6.54 Å². The molecular formula is C25H14Cl3NO2. The Kier molecular flexibility index (Phi) is 4.98. The number of hydrogen-bond donors (Lipinski definition) is 0. The van der Waals surface area contributed by atoms with Crippen molar-refractivity contribution in [1.82, 2.24) is 4.57 Å². The highest BCUT2D eigenvalue weighted by molar-refractivity contribution is 6.36. The molecule has 0 fully saturated rings. The Morgan fingerprint density at radius 2 is 1.32 bits per heavy atom. The Morgan fingerprint density at radius 3 is 2.00 bits per heavy atom. The standard InChI is InChI=1S/C25H14Cl3NO2/c26-17-10-6-11-18(27)16(17)13-29-19-12-5-4-9-15(19)20(21-22(28)25(31)24(21)30)23(29)14-7-2-1-3-8-14/h1-12H,13H2. The average Bonchev–Trinajstić information content (AvgIpc) is 3.10. The van der Waals surface area contributed by atoms with E-state index < -0.39 is 10.9 Å². The first-order valence-electron chi connectivity index (χ1n) is 9.57. The third kappa shape index (κ3) is 3.12. The summed E-state index contributed by atoms with van der Waals surface area (Å²) in [6.07, 6.45) is 0. The highest BCUT2D eigenvalue weighted by Gasteiger charge is 2.29. The fraction of sp³-hybridized carbons (Fsp3) is 0.0400. The van der Waals surface area contributed by atoms with E-state index in [2.05, 4.69) is 4.57 Å². The predicted octanol–water partition coefficient (Wildman–Crippen LogP) is 6.58. The van der Waals surface area contributed by atoms with E-state index in [0.29, 0.717) is 22.2 Å². The van der Waals surface area contributed by atoms with Crippen molar-refractivity contribution in [3.05, 3.63) is 114 Å². The summed E-state index contributed by atoms with van der Waals surface area (Å²) >= 11 is 19.2. The van der Waals surface area contributed by atoms with Gasteiger partial charge in [0.15, 0.2) is 0 Å². The van der Waals surface area contributed by atoms with E-state index >= 15 is 0 Å². The average molecular weight is 467 g/mol. The van der Waals surface area contributed by atoms with Crippen molar-refractivity contribution in [2.45, 2.75) is 6.54 Å². The van der Waals surface area contributed by atoms with Crippen LogP contribution in [-0.4, -0.2) is 4.57 Å². The Morgan fingerprint density at radius 1 is 0.677 bits per heavy atom. The summed E-state index contributed by atoms with van der Waals surface area (Å²) in [6.45, 7) is 0.385. The molecule has 0 unspecified atom stereocenters. The molecule has 1 heterocycles. The number of benzene rings is 3. The van der Waals surface area contributed by atoms with Crippen LogP contribution in [0.2, 0.25) is 15.1 Å². The van der Waals surface area contributed by atoms with E-state index in [0.717, 1.165) is 27.7 Å². The van der Waals surface area contributed by atoms with Gasteiger partial charge in [0.2, 0.25) is 10.9 Å². The van der Waals surface area contributed by atoms with Crippen LogP contribution in [0.3, 0.4) is 0 Å². The Hall–Kier alpha value is -2.85. The van der Waals surface area contributed by atoms with Gasteiger partial charge in [-0.15, -0.1) is 0 Å². The van der Waals surface area contributed by atoms with Gasteiger partial charge in [0.25, 0.3) is 0 Å². The van der Waals surface area contributed by atoms with Crippen LogP contribution < -0.4 is 10.9 Å². The maximum Gasteiger partial charge on any atom is 0.245 e. The number of aromatic nitrogens is 1. The second kappa shape index (κ2) is 7.69. The van der Waals surface area contributed by atoms with Crippen molar-refractivity contribution in [3.8, 4) is 22.4 Å². The van der Waals surface area contributed by atoms with Crippen LogP contribution in [0.4, 0.5) is 0 Å². The molecule has 0 bridgehead atoms. The lowest BCUT2D eigenvalue weighted by Gasteiger charge is -2.15. The lowest BCUT2D eigenvalue weighted by atomic mass is 9.95. The van der Waals surface area contributed by atoms with Crippen LogP contribution in [0, 0.1) is 0 Å². The molecule has 0 saturated heterocycles. The van der Waals surface area contributed by atoms with Gasteiger partial charge in [-0.05, 0) is 23.8 Å². The summed E-state index contributed by atoms with van der Waals surface area (Å²) in [5.74, 6) is 0. The van der Waals surface area contributed by atoms with Gasteiger partial charge >= 0.3 is 0 Å². The summed E-state index contributed by atoms with van der Waals surface area (Å²) in [5.41, 5.74) is 3.02. The molecule has 0 aliphatic carbocycles. The molecule has 0 amide bonds. The normalized spacial score (nSPS) is 11.5. The van der Waals surface area contributed by atoms with E-state index in [4.69, 9.17) is 34.8 Å². The van der Waals surface area contributed by atoms with Gasteiger partial charge in [-0.25, -0.2) is 0 Å². The molecule has 4 aromatic carbocycles. The molecule has 0 atom stereocenters. The largest absolute Gasteiger partial charge is 0.335 e. The maximum absolute atomic E-state index is 12.5. The third-order valence-corrected chi connectivity index (χ3v) is 6.57. The Bertz CT molecular complexity index is 1510. The van der Waals surface area contributed by atoms with Gasteiger partial charge in [-0.3, -0.25) is 9.59 Å². The molecule has 5 aromatic rings. The minimum absolute atomic E-state index is 0.0270. The molecule has 0 saturated carbocycles. The molecule has 0 spiro atoms. The monoisotopic (exact) mass is 465 g/mol. The first-order valence-corrected chi connectivity index (χ1v) is 10.7. The predicted molar refractivity (Wildman–Crippen MR) is 128 cm³/mol. The summed E-state index contributed by atoms with van der Waals surface area (Å²) in [5, 5.41) is 1.91. The summed E-state index contributed by atoms with van der Waals surface area (Å²) in [7, 11) is 0. The van der Waals surface area contributed by atoms with E-state index in [9.17, 15) is 9.59 Å². The second-order valence-corrected chi connectivity index (χ2v) is 8.43. The fourth-order valence-electron chi connectivity index (χ4n) is 4.05. The van der Waals surface area contributed by atoms with Gasteiger partial charge in [0, 0.05) is 32.1 Å². The van der Waals surface area contributed by atoms with Crippen LogP contribution in [0.1, 0.15) is 5.56 Å².